The summed E-state index contributed by atoms with van der Waals surface area (Å²) in [7, 11) is 1.79. The summed E-state index contributed by atoms with van der Waals surface area (Å²) in [5.74, 6) is 0.607. The SMILES string of the molecule is COC1CCC2(CC1)CN=C(N)N2. The summed E-state index contributed by atoms with van der Waals surface area (Å²) in [6.45, 7) is 0.843. The van der Waals surface area contributed by atoms with Crippen LogP contribution in [0.15, 0.2) is 4.99 Å². The van der Waals surface area contributed by atoms with Crippen LogP contribution in [0.4, 0.5) is 0 Å². The van der Waals surface area contributed by atoms with Crippen molar-refractivity contribution < 1.29 is 4.74 Å². The number of aliphatic imine (C=N–C) groups is 1. The minimum Gasteiger partial charge on any atom is -0.381 e. The lowest BCUT2D eigenvalue weighted by Crippen LogP contribution is -2.50. The number of methoxy groups -OCH3 is 1. The number of guanidine groups is 1. The van der Waals surface area contributed by atoms with Crippen LogP contribution in [0.5, 0.6) is 0 Å². The van der Waals surface area contributed by atoms with E-state index < -0.39 is 0 Å². The average Bonchev–Trinajstić information content (AvgIpc) is 2.49. The van der Waals surface area contributed by atoms with Crippen molar-refractivity contribution >= 4 is 5.96 Å². The molecule has 1 spiro atoms. The van der Waals surface area contributed by atoms with Crippen LogP contribution in [0.25, 0.3) is 0 Å². The van der Waals surface area contributed by atoms with Gasteiger partial charge in [0.25, 0.3) is 0 Å². The number of nitrogens with zero attached hydrogens (tertiary/aromatic N) is 1. The molecule has 2 aliphatic rings. The molecule has 3 N–H and O–H groups in total. The van der Waals surface area contributed by atoms with Gasteiger partial charge in [0, 0.05) is 7.11 Å². The molecule has 0 aromatic rings. The van der Waals surface area contributed by atoms with Gasteiger partial charge in [0.05, 0.1) is 18.2 Å². The highest BCUT2D eigenvalue weighted by Crippen LogP contribution is 2.31. The molecule has 4 heteroatoms. The molecule has 0 radical (unpaired) electrons. The Morgan fingerprint density at radius 2 is 2.23 bits per heavy atom. The van der Waals surface area contributed by atoms with Crippen LogP contribution in [0, 0.1) is 0 Å². The van der Waals surface area contributed by atoms with E-state index in [1.54, 1.807) is 7.11 Å². The van der Waals surface area contributed by atoms with Gasteiger partial charge < -0.3 is 15.8 Å². The molecule has 74 valence electrons. The molecule has 0 unspecified atom stereocenters. The summed E-state index contributed by atoms with van der Waals surface area (Å²) in [6, 6.07) is 0. The highest BCUT2D eigenvalue weighted by atomic mass is 16.5. The smallest absolute Gasteiger partial charge is 0.189 e. The average molecular weight is 183 g/mol. The van der Waals surface area contributed by atoms with Crippen molar-refractivity contribution in [3.8, 4) is 0 Å². The van der Waals surface area contributed by atoms with Gasteiger partial charge in [-0.1, -0.05) is 0 Å². The zero-order valence-corrected chi connectivity index (χ0v) is 8.05. The van der Waals surface area contributed by atoms with Crippen molar-refractivity contribution in [1.82, 2.24) is 5.32 Å². The molecule has 2 rings (SSSR count). The molecule has 13 heavy (non-hydrogen) atoms. The maximum atomic E-state index is 5.62. The van der Waals surface area contributed by atoms with E-state index in [1.165, 1.54) is 0 Å². The first-order valence-electron chi connectivity index (χ1n) is 4.85. The molecule has 0 aromatic carbocycles. The monoisotopic (exact) mass is 183 g/mol. The Morgan fingerprint density at radius 3 is 2.69 bits per heavy atom. The third-order valence-corrected chi connectivity index (χ3v) is 3.17. The highest BCUT2D eigenvalue weighted by Gasteiger charge is 2.38. The van der Waals surface area contributed by atoms with Gasteiger partial charge in [0.2, 0.25) is 0 Å². The minimum atomic E-state index is 0.166. The number of nitrogens with one attached hydrogen (secondary N) is 1. The predicted octanol–water partition coefficient (Wildman–Crippen LogP) is 0.232. The Balaban J connectivity index is 1.91. The number of ether oxygens (including phenoxy) is 1. The fourth-order valence-electron chi connectivity index (χ4n) is 2.25. The Labute approximate surface area is 78.5 Å². The standard InChI is InChI=1S/C9H17N3O/c1-13-7-2-4-9(5-3-7)6-11-8(10)12-9/h7H,2-6H2,1H3,(H3,10,11,12). The molecule has 0 amide bonds. The summed E-state index contributed by atoms with van der Waals surface area (Å²) in [5, 5.41) is 3.29. The maximum absolute atomic E-state index is 5.62. The van der Waals surface area contributed by atoms with Gasteiger partial charge in [-0.15, -0.1) is 0 Å². The molecular weight excluding hydrogens is 166 g/mol. The summed E-state index contributed by atoms with van der Waals surface area (Å²) < 4.78 is 5.32. The lowest BCUT2D eigenvalue weighted by molar-refractivity contribution is 0.0492. The van der Waals surface area contributed by atoms with E-state index in [4.69, 9.17) is 10.5 Å². The van der Waals surface area contributed by atoms with Crippen LogP contribution >= 0.6 is 0 Å². The van der Waals surface area contributed by atoms with Crippen molar-refractivity contribution in [2.75, 3.05) is 13.7 Å². The van der Waals surface area contributed by atoms with E-state index in [-0.39, 0.29) is 5.54 Å². The van der Waals surface area contributed by atoms with E-state index in [2.05, 4.69) is 10.3 Å². The number of nitrogens with two attached hydrogens (primary N) is 1. The zero-order valence-electron chi connectivity index (χ0n) is 8.05. The Morgan fingerprint density at radius 1 is 1.54 bits per heavy atom. The highest BCUT2D eigenvalue weighted by molar-refractivity contribution is 5.80. The molecule has 1 saturated carbocycles. The minimum absolute atomic E-state index is 0.166. The van der Waals surface area contributed by atoms with E-state index >= 15 is 0 Å². The molecule has 0 atom stereocenters. The second-order valence-electron chi connectivity index (χ2n) is 4.04. The van der Waals surface area contributed by atoms with Crippen LogP contribution in [0.1, 0.15) is 25.7 Å². The second kappa shape index (κ2) is 3.18. The molecule has 0 saturated heterocycles. The van der Waals surface area contributed by atoms with Gasteiger partial charge in [-0.3, -0.25) is 4.99 Å². The van der Waals surface area contributed by atoms with Crippen molar-refractivity contribution in [3.63, 3.8) is 0 Å². The van der Waals surface area contributed by atoms with Gasteiger partial charge in [-0.05, 0) is 25.7 Å². The van der Waals surface area contributed by atoms with Crippen molar-refractivity contribution in [2.45, 2.75) is 37.3 Å². The van der Waals surface area contributed by atoms with Crippen LogP contribution in [0.3, 0.4) is 0 Å². The first kappa shape index (κ1) is 8.81. The first-order chi connectivity index (χ1) is 6.24. The van der Waals surface area contributed by atoms with Crippen molar-refractivity contribution in [1.29, 1.82) is 0 Å². The van der Waals surface area contributed by atoms with E-state index in [1.807, 2.05) is 0 Å². The normalized spacial score (nSPS) is 38.8. The number of hydrogen-bond donors (Lipinski definition) is 2. The fourth-order valence-corrected chi connectivity index (χ4v) is 2.25. The van der Waals surface area contributed by atoms with Crippen LogP contribution < -0.4 is 11.1 Å². The number of rotatable bonds is 1. The molecule has 1 fully saturated rings. The zero-order chi connectivity index (χ0) is 9.31. The van der Waals surface area contributed by atoms with Crippen molar-refractivity contribution in [2.24, 2.45) is 10.7 Å². The molecule has 1 heterocycles. The van der Waals surface area contributed by atoms with Crippen LogP contribution in [-0.2, 0) is 4.74 Å². The summed E-state index contributed by atoms with van der Waals surface area (Å²) in [6.07, 6.45) is 4.92. The quantitative estimate of drug-likeness (QED) is 0.612. The fraction of sp³-hybridized carbons (Fsp3) is 0.889. The lowest BCUT2D eigenvalue weighted by Gasteiger charge is -2.36. The van der Waals surface area contributed by atoms with Gasteiger partial charge in [-0.2, -0.15) is 0 Å². The third-order valence-electron chi connectivity index (χ3n) is 3.17. The molecule has 4 nitrogen and oxygen atoms in total. The first-order valence-corrected chi connectivity index (χ1v) is 4.85. The van der Waals surface area contributed by atoms with Crippen molar-refractivity contribution in [3.05, 3.63) is 0 Å². The van der Waals surface area contributed by atoms with Gasteiger partial charge >= 0.3 is 0 Å². The van der Waals surface area contributed by atoms with Gasteiger partial charge in [0.1, 0.15) is 0 Å². The predicted molar refractivity (Wildman–Crippen MR) is 51.6 cm³/mol. The maximum Gasteiger partial charge on any atom is 0.189 e. The lowest BCUT2D eigenvalue weighted by atomic mass is 9.81. The summed E-state index contributed by atoms with van der Waals surface area (Å²) in [4.78, 5) is 4.21. The summed E-state index contributed by atoms with van der Waals surface area (Å²) >= 11 is 0. The second-order valence-corrected chi connectivity index (χ2v) is 4.04. The topological polar surface area (TPSA) is 59.6 Å². The van der Waals surface area contributed by atoms with E-state index in [0.29, 0.717) is 12.1 Å². The third kappa shape index (κ3) is 1.63. The molecule has 0 aromatic heterocycles. The Bertz CT molecular complexity index is 219. The molecule has 1 aliphatic heterocycles. The van der Waals surface area contributed by atoms with Crippen LogP contribution in [-0.4, -0.2) is 31.3 Å². The van der Waals surface area contributed by atoms with E-state index in [0.717, 1.165) is 32.2 Å². The molecule has 0 bridgehead atoms. The Kier molecular flexibility index (Phi) is 2.15. The van der Waals surface area contributed by atoms with Gasteiger partial charge in [0.15, 0.2) is 5.96 Å². The van der Waals surface area contributed by atoms with Crippen LogP contribution in [0.2, 0.25) is 0 Å². The van der Waals surface area contributed by atoms with Gasteiger partial charge in [-0.25, -0.2) is 0 Å². The summed E-state index contributed by atoms with van der Waals surface area (Å²) in [5.41, 5.74) is 5.78. The molecular formula is C9H17N3O. The largest absolute Gasteiger partial charge is 0.381 e. The Hall–Kier alpha value is -0.770. The number of hydrogen-bond acceptors (Lipinski definition) is 4. The molecule has 1 aliphatic carbocycles. The van der Waals surface area contributed by atoms with E-state index in [9.17, 15) is 0 Å².